The fourth-order valence-corrected chi connectivity index (χ4v) is 3.73. The van der Waals surface area contributed by atoms with E-state index in [4.69, 9.17) is 9.15 Å². The minimum absolute atomic E-state index is 0.756. The van der Waals surface area contributed by atoms with Gasteiger partial charge in [-0.3, -0.25) is 0 Å². The van der Waals surface area contributed by atoms with E-state index in [1.807, 2.05) is 36.5 Å². The summed E-state index contributed by atoms with van der Waals surface area (Å²) < 4.78 is 15.9. The number of aromatic nitrogens is 1. The molecule has 2 heterocycles. The van der Waals surface area contributed by atoms with Gasteiger partial charge in [0, 0.05) is 27.9 Å². The Morgan fingerprint density at radius 3 is 2.68 bits per heavy atom. The van der Waals surface area contributed by atoms with Crippen molar-refractivity contribution in [3.05, 3.63) is 59.6 Å². The number of aryl methyl sites for hydroxylation is 1. The van der Waals surface area contributed by atoms with Crippen molar-refractivity contribution in [1.82, 2.24) is 4.37 Å². The van der Waals surface area contributed by atoms with E-state index in [1.165, 1.54) is 24.1 Å². The molecule has 4 rings (SSSR count). The van der Waals surface area contributed by atoms with Crippen LogP contribution in [0.15, 0.2) is 59.1 Å². The van der Waals surface area contributed by atoms with Crippen LogP contribution in [-0.4, -0.2) is 11.0 Å². The molecular weight excluding hydrogens is 330 g/mol. The highest BCUT2D eigenvalue weighted by Crippen LogP contribution is 2.31. The predicted octanol–water partition coefficient (Wildman–Crippen LogP) is 6.22. The largest absolute Gasteiger partial charge is 0.493 e. The smallest absolute Gasteiger partial charge is 0.139 e. The third kappa shape index (κ3) is 3.85. The normalized spacial score (nSPS) is 11.4. The highest BCUT2D eigenvalue weighted by Gasteiger charge is 2.07. The van der Waals surface area contributed by atoms with Gasteiger partial charge in [0.1, 0.15) is 16.9 Å². The minimum Gasteiger partial charge on any atom is -0.493 e. The number of hydrogen-bond acceptors (Lipinski definition) is 4. The van der Waals surface area contributed by atoms with Gasteiger partial charge in [0.05, 0.1) is 6.61 Å². The molecule has 0 N–H and O–H groups in total. The summed E-state index contributed by atoms with van der Waals surface area (Å²) >= 11 is 1.61. The topological polar surface area (TPSA) is 35.3 Å². The summed E-state index contributed by atoms with van der Waals surface area (Å²) in [7, 11) is 0. The average molecular weight is 351 g/mol. The maximum atomic E-state index is 5.90. The lowest BCUT2D eigenvalue weighted by molar-refractivity contribution is 0.305. The number of rotatable bonds is 8. The molecular formula is C21H21NO2S. The quantitative estimate of drug-likeness (QED) is 0.353. The second-order valence-electron chi connectivity index (χ2n) is 6.25. The molecule has 0 atom stereocenters. The molecule has 3 nitrogen and oxygen atoms in total. The van der Waals surface area contributed by atoms with Crippen molar-refractivity contribution in [3.8, 4) is 5.75 Å². The Morgan fingerprint density at radius 1 is 0.880 bits per heavy atom. The third-order valence-corrected chi connectivity index (χ3v) is 5.23. The summed E-state index contributed by atoms with van der Waals surface area (Å²) in [4.78, 5) is 1.38. The Kier molecular flexibility index (Phi) is 4.98. The Balaban J connectivity index is 1.24. The number of para-hydroxylation sites is 1. The van der Waals surface area contributed by atoms with E-state index in [0.717, 1.165) is 47.1 Å². The molecule has 0 aliphatic rings. The number of furan rings is 1. The zero-order chi connectivity index (χ0) is 16.9. The zero-order valence-electron chi connectivity index (χ0n) is 14.1. The molecule has 2 aromatic heterocycles. The van der Waals surface area contributed by atoms with Crippen molar-refractivity contribution in [3.63, 3.8) is 0 Å². The van der Waals surface area contributed by atoms with Crippen LogP contribution in [0.25, 0.3) is 21.9 Å². The van der Waals surface area contributed by atoms with Crippen molar-refractivity contribution in [2.24, 2.45) is 0 Å². The van der Waals surface area contributed by atoms with Crippen molar-refractivity contribution in [1.29, 1.82) is 0 Å². The van der Waals surface area contributed by atoms with E-state index in [-0.39, 0.29) is 0 Å². The molecule has 0 aliphatic carbocycles. The SMILES string of the molecule is c1ccc2c(c1)oc1cc(OCCCCCCc3ccns3)ccc12. The number of benzene rings is 2. The van der Waals surface area contributed by atoms with Crippen LogP contribution < -0.4 is 4.74 Å². The second kappa shape index (κ2) is 7.70. The van der Waals surface area contributed by atoms with E-state index in [9.17, 15) is 0 Å². The van der Waals surface area contributed by atoms with Gasteiger partial charge < -0.3 is 9.15 Å². The van der Waals surface area contributed by atoms with Crippen LogP contribution in [0.2, 0.25) is 0 Å². The first-order valence-corrected chi connectivity index (χ1v) is 9.61. The highest BCUT2D eigenvalue weighted by molar-refractivity contribution is 7.05. The summed E-state index contributed by atoms with van der Waals surface area (Å²) in [6, 6.07) is 16.4. The van der Waals surface area contributed by atoms with Gasteiger partial charge in [0.15, 0.2) is 0 Å². The number of hydrogen-bond donors (Lipinski definition) is 0. The van der Waals surface area contributed by atoms with Crippen molar-refractivity contribution < 1.29 is 9.15 Å². The van der Waals surface area contributed by atoms with Gasteiger partial charge >= 0.3 is 0 Å². The van der Waals surface area contributed by atoms with Crippen LogP contribution in [0.1, 0.15) is 30.6 Å². The summed E-state index contributed by atoms with van der Waals surface area (Å²) in [5.74, 6) is 0.885. The maximum absolute atomic E-state index is 5.90. The van der Waals surface area contributed by atoms with Crippen LogP contribution in [-0.2, 0) is 6.42 Å². The van der Waals surface area contributed by atoms with E-state index < -0.39 is 0 Å². The number of nitrogens with zero attached hydrogens (tertiary/aromatic N) is 1. The predicted molar refractivity (Wildman–Crippen MR) is 104 cm³/mol. The molecule has 0 fully saturated rings. The molecule has 0 spiro atoms. The minimum atomic E-state index is 0.756. The highest BCUT2D eigenvalue weighted by atomic mass is 32.1. The molecule has 0 unspecified atom stereocenters. The van der Waals surface area contributed by atoms with Gasteiger partial charge in [-0.1, -0.05) is 31.0 Å². The number of unbranched alkanes of at least 4 members (excludes halogenated alkanes) is 3. The number of fused-ring (bicyclic) bond motifs is 3. The third-order valence-electron chi connectivity index (χ3n) is 4.43. The average Bonchev–Trinajstić information content (AvgIpc) is 3.27. The first kappa shape index (κ1) is 16.2. The van der Waals surface area contributed by atoms with E-state index in [1.54, 1.807) is 11.5 Å². The maximum Gasteiger partial charge on any atom is 0.139 e. The van der Waals surface area contributed by atoms with Gasteiger partial charge in [0.25, 0.3) is 0 Å². The summed E-state index contributed by atoms with van der Waals surface area (Å²) in [5.41, 5.74) is 1.82. The van der Waals surface area contributed by atoms with Crippen LogP contribution in [0.5, 0.6) is 5.75 Å². The van der Waals surface area contributed by atoms with Crippen molar-refractivity contribution in [2.45, 2.75) is 32.1 Å². The fraction of sp³-hybridized carbons (Fsp3) is 0.286. The molecule has 0 amide bonds. The Bertz CT molecular complexity index is 943. The first-order chi connectivity index (χ1) is 12.4. The molecule has 0 saturated carbocycles. The van der Waals surface area contributed by atoms with Gasteiger partial charge in [-0.05, 0) is 55.1 Å². The van der Waals surface area contributed by atoms with E-state index in [2.05, 4.69) is 22.6 Å². The first-order valence-electron chi connectivity index (χ1n) is 8.84. The summed E-state index contributed by atoms with van der Waals surface area (Å²) in [5, 5.41) is 2.30. The molecule has 0 saturated heterocycles. The molecule has 0 radical (unpaired) electrons. The van der Waals surface area contributed by atoms with E-state index >= 15 is 0 Å². The Hall–Kier alpha value is -2.33. The van der Waals surface area contributed by atoms with Gasteiger partial charge in [-0.25, -0.2) is 4.37 Å². The molecule has 25 heavy (non-hydrogen) atoms. The summed E-state index contributed by atoms with van der Waals surface area (Å²) in [6.45, 7) is 0.756. The Morgan fingerprint density at radius 2 is 1.76 bits per heavy atom. The molecule has 2 aromatic carbocycles. The molecule has 0 aliphatic heterocycles. The van der Waals surface area contributed by atoms with Crippen molar-refractivity contribution >= 4 is 33.5 Å². The number of ether oxygens (including phenoxy) is 1. The zero-order valence-corrected chi connectivity index (χ0v) is 14.9. The standard InChI is InChI=1S/C21H21NO2S/c1(3-7-17-12-13-22-25-17)2-6-14-23-16-10-11-19-18-8-4-5-9-20(18)24-21(19)15-16/h4-5,8-13,15H,1-3,6-7,14H2. The second-order valence-corrected chi connectivity index (χ2v) is 7.17. The molecule has 0 bridgehead atoms. The van der Waals surface area contributed by atoms with Crippen LogP contribution in [0, 0.1) is 0 Å². The van der Waals surface area contributed by atoms with Gasteiger partial charge in [0.2, 0.25) is 0 Å². The van der Waals surface area contributed by atoms with Crippen LogP contribution in [0.4, 0.5) is 0 Å². The van der Waals surface area contributed by atoms with Gasteiger partial charge in [-0.2, -0.15) is 0 Å². The van der Waals surface area contributed by atoms with Gasteiger partial charge in [-0.15, -0.1) is 0 Å². The molecule has 4 heteroatoms. The lowest BCUT2D eigenvalue weighted by Crippen LogP contribution is -1.97. The summed E-state index contributed by atoms with van der Waals surface area (Å²) in [6.07, 6.45) is 7.78. The fourth-order valence-electron chi connectivity index (χ4n) is 3.11. The molecule has 128 valence electrons. The van der Waals surface area contributed by atoms with E-state index in [0.29, 0.717) is 0 Å². The Labute approximate surface area is 151 Å². The van der Waals surface area contributed by atoms with Crippen LogP contribution in [0.3, 0.4) is 0 Å². The lowest BCUT2D eigenvalue weighted by Gasteiger charge is -2.06. The molecule has 4 aromatic rings. The van der Waals surface area contributed by atoms with Crippen LogP contribution >= 0.6 is 11.5 Å². The monoisotopic (exact) mass is 351 g/mol. The lowest BCUT2D eigenvalue weighted by atomic mass is 10.1. The van der Waals surface area contributed by atoms with Crippen molar-refractivity contribution in [2.75, 3.05) is 6.61 Å².